The Kier molecular flexibility index (Phi) is 4.74. The average molecular weight is 218 g/mol. The van der Waals surface area contributed by atoms with Crippen LogP contribution in [0.15, 0.2) is 0 Å². The highest BCUT2D eigenvalue weighted by Gasteiger charge is 2.36. The molecule has 4 nitrogen and oxygen atoms in total. The van der Waals surface area contributed by atoms with Gasteiger partial charge in [0.05, 0.1) is 6.61 Å². The number of hydrogen-bond acceptors (Lipinski definition) is 4. The summed E-state index contributed by atoms with van der Waals surface area (Å²) in [6.07, 6.45) is -1.00. The predicted octanol–water partition coefficient (Wildman–Crippen LogP) is 1.71. The van der Waals surface area contributed by atoms with E-state index in [1.54, 1.807) is 20.8 Å². The first-order valence-electron chi connectivity index (χ1n) is 5.14. The molecular formula is C11H22O4. The number of rotatable bonds is 4. The van der Waals surface area contributed by atoms with Gasteiger partial charge in [-0.15, -0.1) is 0 Å². The first-order valence-corrected chi connectivity index (χ1v) is 5.14. The summed E-state index contributed by atoms with van der Waals surface area (Å²) in [6.45, 7) is 10.7. The Hall–Kier alpha value is -0.610. The van der Waals surface area contributed by atoms with Gasteiger partial charge < -0.3 is 14.6 Å². The lowest BCUT2D eigenvalue weighted by Crippen LogP contribution is -2.44. The van der Waals surface area contributed by atoms with E-state index in [4.69, 9.17) is 9.47 Å². The fraction of sp³-hybridized carbons (Fsp3) is 0.909. The number of carbonyl (C=O) groups is 1. The van der Waals surface area contributed by atoms with Gasteiger partial charge in [-0.05, 0) is 20.8 Å². The lowest BCUT2D eigenvalue weighted by molar-refractivity contribution is -0.227. The highest BCUT2D eigenvalue weighted by molar-refractivity contribution is 5.78. The van der Waals surface area contributed by atoms with Crippen molar-refractivity contribution in [3.63, 3.8) is 0 Å². The van der Waals surface area contributed by atoms with Gasteiger partial charge in [-0.25, -0.2) is 4.79 Å². The lowest BCUT2D eigenvalue weighted by Gasteiger charge is -2.32. The summed E-state index contributed by atoms with van der Waals surface area (Å²) in [5, 5.41) is 9.71. The molecule has 4 heteroatoms. The molecule has 1 N–H and O–H groups in total. The van der Waals surface area contributed by atoms with Gasteiger partial charge in [-0.2, -0.15) is 0 Å². The standard InChI is InChI=1S/C11H22O4/c1-7-14-9(13)11(5,6)15-8(12)10(2,3)4/h8,12H,7H2,1-6H3. The summed E-state index contributed by atoms with van der Waals surface area (Å²) in [5.41, 5.74) is -1.55. The van der Waals surface area contributed by atoms with Gasteiger partial charge >= 0.3 is 5.97 Å². The minimum atomic E-state index is -1.12. The van der Waals surface area contributed by atoms with E-state index in [-0.39, 0.29) is 0 Å². The van der Waals surface area contributed by atoms with Crippen molar-refractivity contribution in [1.82, 2.24) is 0 Å². The average Bonchev–Trinajstić information content (AvgIpc) is 2.02. The second-order valence-electron chi connectivity index (χ2n) is 5.07. The third-order valence-electron chi connectivity index (χ3n) is 1.91. The maximum atomic E-state index is 11.5. The summed E-state index contributed by atoms with van der Waals surface area (Å²) in [4.78, 5) is 11.5. The van der Waals surface area contributed by atoms with Crippen molar-refractivity contribution in [2.24, 2.45) is 5.41 Å². The van der Waals surface area contributed by atoms with Gasteiger partial charge in [0, 0.05) is 5.41 Å². The number of carbonyl (C=O) groups excluding carboxylic acids is 1. The number of ether oxygens (including phenoxy) is 2. The van der Waals surface area contributed by atoms with E-state index in [2.05, 4.69) is 0 Å². The van der Waals surface area contributed by atoms with Gasteiger partial charge in [0.25, 0.3) is 0 Å². The number of hydrogen-bond donors (Lipinski definition) is 1. The Morgan fingerprint density at radius 2 is 1.73 bits per heavy atom. The zero-order chi connectivity index (χ0) is 12.3. The van der Waals surface area contributed by atoms with Crippen LogP contribution in [0.2, 0.25) is 0 Å². The molecule has 0 aromatic heterocycles. The van der Waals surface area contributed by atoms with Gasteiger partial charge in [0.2, 0.25) is 0 Å². The van der Waals surface area contributed by atoms with E-state index >= 15 is 0 Å². The molecule has 0 aliphatic carbocycles. The van der Waals surface area contributed by atoms with Crippen molar-refractivity contribution in [2.75, 3.05) is 6.61 Å². The van der Waals surface area contributed by atoms with Crippen LogP contribution in [0, 0.1) is 5.41 Å². The first-order chi connectivity index (χ1) is 6.61. The van der Waals surface area contributed by atoms with E-state index in [0.717, 1.165) is 0 Å². The van der Waals surface area contributed by atoms with Crippen LogP contribution >= 0.6 is 0 Å². The van der Waals surface area contributed by atoms with Gasteiger partial charge in [0.15, 0.2) is 11.9 Å². The molecule has 0 aromatic rings. The zero-order valence-corrected chi connectivity index (χ0v) is 10.5. The Morgan fingerprint density at radius 3 is 2.07 bits per heavy atom. The van der Waals surface area contributed by atoms with Crippen LogP contribution < -0.4 is 0 Å². The predicted molar refractivity (Wildman–Crippen MR) is 57.3 cm³/mol. The molecule has 0 fully saturated rings. The normalized spacial score (nSPS) is 14.9. The fourth-order valence-corrected chi connectivity index (χ4v) is 0.809. The minimum absolute atomic E-state index is 0.303. The Balaban J connectivity index is 4.43. The van der Waals surface area contributed by atoms with Gasteiger partial charge in [-0.3, -0.25) is 0 Å². The van der Waals surface area contributed by atoms with E-state index in [1.807, 2.05) is 20.8 Å². The molecule has 0 amide bonds. The molecule has 0 heterocycles. The number of esters is 1. The Bertz CT molecular complexity index is 215. The van der Waals surface area contributed by atoms with Crippen molar-refractivity contribution in [3.8, 4) is 0 Å². The second-order valence-corrected chi connectivity index (χ2v) is 5.07. The maximum Gasteiger partial charge on any atom is 0.337 e. The van der Waals surface area contributed by atoms with Crippen LogP contribution in [-0.2, 0) is 14.3 Å². The van der Waals surface area contributed by atoms with E-state index < -0.39 is 23.3 Å². The van der Waals surface area contributed by atoms with Crippen LogP contribution in [0.4, 0.5) is 0 Å². The quantitative estimate of drug-likeness (QED) is 0.576. The second kappa shape index (κ2) is 4.94. The SMILES string of the molecule is CCOC(=O)C(C)(C)OC(O)C(C)(C)C. The van der Waals surface area contributed by atoms with Crippen LogP contribution in [0.25, 0.3) is 0 Å². The van der Waals surface area contributed by atoms with Gasteiger partial charge in [-0.1, -0.05) is 20.8 Å². The molecule has 0 bridgehead atoms. The Labute approximate surface area is 91.6 Å². The molecule has 0 saturated carbocycles. The summed E-state index contributed by atoms with van der Waals surface area (Å²) in [7, 11) is 0. The third-order valence-corrected chi connectivity index (χ3v) is 1.91. The van der Waals surface area contributed by atoms with Crippen molar-refractivity contribution >= 4 is 5.97 Å². The molecule has 0 aromatic carbocycles. The van der Waals surface area contributed by atoms with E-state index in [1.165, 1.54) is 0 Å². The topological polar surface area (TPSA) is 55.8 Å². The smallest absolute Gasteiger partial charge is 0.337 e. The molecule has 0 aliphatic heterocycles. The van der Waals surface area contributed by atoms with E-state index in [0.29, 0.717) is 6.61 Å². The Morgan fingerprint density at radius 1 is 1.27 bits per heavy atom. The highest BCUT2D eigenvalue weighted by atomic mass is 16.6. The van der Waals surface area contributed by atoms with Crippen LogP contribution in [0.1, 0.15) is 41.5 Å². The molecule has 90 valence electrons. The third kappa shape index (κ3) is 4.62. The van der Waals surface area contributed by atoms with Crippen molar-refractivity contribution < 1.29 is 19.4 Å². The fourth-order valence-electron chi connectivity index (χ4n) is 0.809. The molecule has 1 atom stereocenters. The van der Waals surface area contributed by atoms with Crippen molar-refractivity contribution in [3.05, 3.63) is 0 Å². The van der Waals surface area contributed by atoms with E-state index in [9.17, 15) is 9.90 Å². The van der Waals surface area contributed by atoms with Crippen LogP contribution in [0.3, 0.4) is 0 Å². The molecule has 15 heavy (non-hydrogen) atoms. The molecule has 0 spiro atoms. The summed E-state index contributed by atoms with van der Waals surface area (Å²) >= 11 is 0. The molecule has 0 aliphatic rings. The van der Waals surface area contributed by atoms with Crippen molar-refractivity contribution in [2.45, 2.75) is 53.4 Å². The largest absolute Gasteiger partial charge is 0.464 e. The summed E-state index contributed by atoms with van der Waals surface area (Å²) in [5.74, 6) is -0.465. The minimum Gasteiger partial charge on any atom is -0.464 e. The first kappa shape index (κ1) is 14.4. The highest BCUT2D eigenvalue weighted by Crippen LogP contribution is 2.25. The maximum absolute atomic E-state index is 11.5. The summed E-state index contributed by atoms with van der Waals surface area (Å²) < 4.78 is 10.1. The number of aliphatic hydroxyl groups excluding tert-OH is 1. The van der Waals surface area contributed by atoms with Crippen molar-refractivity contribution in [1.29, 1.82) is 0 Å². The lowest BCUT2D eigenvalue weighted by atomic mass is 9.95. The monoisotopic (exact) mass is 218 g/mol. The summed E-state index contributed by atoms with van der Waals surface area (Å²) in [6, 6.07) is 0. The molecule has 0 saturated heterocycles. The zero-order valence-electron chi connectivity index (χ0n) is 10.5. The van der Waals surface area contributed by atoms with Crippen LogP contribution in [-0.4, -0.2) is 29.6 Å². The van der Waals surface area contributed by atoms with Gasteiger partial charge in [0.1, 0.15) is 0 Å². The number of aliphatic hydroxyl groups is 1. The molecular weight excluding hydrogens is 196 g/mol. The van der Waals surface area contributed by atoms with Crippen LogP contribution in [0.5, 0.6) is 0 Å². The molecule has 0 radical (unpaired) electrons. The molecule has 0 rings (SSSR count). The molecule has 1 unspecified atom stereocenters.